The molecule has 0 saturated carbocycles. The summed E-state index contributed by atoms with van der Waals surface area (Å²) in [6, 6.07) is 10.9. The molecule has 160 valence electrons. The predicted molar refractivity (Wildman–Crippen MR) is 107 cm³/mol. The second kappa shape index (κ2) is 7.81. The van der Waals surface area contributed by atoms with Gasteiger partial charge in [0, 0.05) is 24.8 Å². The van der Waals surface area contributed by atoms with Crippen LogP contribution in [0.4, 0.5) is 8.78 Å². The summed E-state index contributed by atoms with van der Waals surface area (Å²) < 4.78 is 31.8. The Morgan fingerprint density at radius 1 is 1.19 bits per heavy atom. The molecule has 1 fully saturated rings. The van der Waals surface area contributed by atoms with E-state index < -0.39 is 12.0 Å². The van der Waals surface area contributed by atoms with Crippen LogP contribution in [-0.4, -0.2) is 50.7 Å². The van der Waals surface area contributed by atoms with Gasteiger partial charge in [0.05, 0.1) is 12.3 Å². The van der Waals surface area contributed by atoms with Crippen molar-refractivity contribution in [2.75, 3.05) is 19.7 Å². The number of amides is 1. The molecule has 1 aromatic carbocycles. The molecular weight excluding hydrogens is 404 g/mol. The third-order valence-corrected chi connectivity index (χ3v) is 5.99. The normalized spacial score (nSPS) is 17.7. The number of aromatic amines is 1. The number of nitrogens with zero attached hydrogens (tertiary/aromatic N) is 4. The Labute approximate surface area is 177 Å². The van der Waals surface area contributed by atoms with Gasteiger partial charge in [0.2, 0.25) is 0 Å². The first-order valence-electron chi connectivity index (χ1n) is 10.2. The summed E-state index contributed by atoms with van der Waals surface area (Å²) in [6.45, 7) is 1.44. The zero-order valence-corrected chi connectivity index (χ0v) is 16.7. The highest BCUT2D eigenvalue weighted by Gasteiger charge is 2.43. The third-order valence-electron chi connectivity index (χ3n) is 5.99. The van der Waals surface area contributed by atoms with Gasteiger partial charge in [-0.25, -0.2) is 18.7 Å². The summed E-state index contributed by atoms with van der Waals surface area (Å²) in [6.07, 6.45) is 1.08. The first-order valence-corrected chi connectivity index (χ1v) is 10.2. The summed E-state index contributed by atoms with van der Waals surface area (Å²) in [4.78, 5) is 23.8. The number of H-pyrrole nitrogens is 1. The minimum absolute atomic E-state index is 0.00454. The van der Waals surface area contributed by atoms with Crippen molar-refractivity contribution in [1.82, 2.24) is 25.1 Å². The predicted octanol–water partition coefficient (Wildman–Crippen LogP) is 3.51. The fraction of sp³-hybridized carbons (Fsp3) is 0.364. The molecule has 1 spiro atoms. The van der Waals surface area contributed by atoms with Crippen molar-refractivity contribution in [1.29, 1.82) is 0 Å². The average molecular weight is 425 g/mol. The van der Waals surface area contributed by atoms with Gasteiger partial charge in [-0.15, -0.1) is 0 Å². The van der Waals surface area contributed by atoms with Crippen molar-refractivity contribution in [3.63, 3.8) is 0 Å². The van der Waals surface area contributed by atoms with E-state index in [0.717, 1.165) is 29.3 Å². The number of benzene rings is 1. The molecule has 2 aromatic heterocycles. The van der Waals surface area contributed by atoms with Gasteiger partial charge in [0.25, 0.3) is 12.3 Å². The number of aromatic nitrogens is 4. The molecule has 0 unspecified atom stereocenters. The number of likely N-dealkylation sites (tertiary alicyclic amines) is 1. The number of piperidine rings is 1. The Kier molecular flexibility index (Phi) is 4.97. The van der Waals surface area contributed by atoms with Crippen LogP contribution in [0.3, 0.4) is 0 Å². The van der Waals surface area contributed by atoms with E-state index in [-0.39, 0.29) is 17.3 Å². The van der Waals surface area contributed by atoms with Crippen LogP contribution in [0.15, 0.2) is 42.6 Å². The van der Waals surface area contributed by atoms with Gasteiger partial charge in [-0.1, -0.05) is 30.3 Å². The fourth-order valence-corrected chi connectivity index (χ4v) is 4.31. The van der Waals surface area contributed by atoms with E-state index in [1.807, 2.05) is 36.5 Å². The minimum atomic E-state index is -2.69. The molecular formula is C22H21F2N5O2. The Hall–Kier alpha value is -3.20. The maximum atomic E-state index is 12.8. The molecule has 9 heteroatoms. The van der Waals surface area contributed by atoms with Crippen LogP contribution in [0.5, 0.6) is 0 Å². The van der Waals surface area contributed by atoms with Gasteiger partial charge in [0.15, 0.2) is 11.5 Å². The topological polar surface area (TPSA) is 84.0 Å². The first kappa shape index (κ1) is 19.7. The summed E-state index contributed by atoms with van der Waals surface area (Å²) >= 11 is 0. The van der Waals surface area contributed by atoms with E-state index in [4.69, 9.17) is 9.72 Å². The Morgan fingerprint density at radius 2 is 1.97 bits per heavy atom. The number of alkyl halides is 2. The lowest BCUT2D eigenvalue weighted by Gasteiger charge is -2.44. The molecule has 3 aromatic rings. The third kappa shape index (κ3) is 3.59. The number of carbonyl (C=O) groups excluding carboxylic acids is 1. The largest absolute Gasteiger partial charge is 0.368 e. The SMILES string of the molecule is O=C(c1cc(C(F)F)[nH]n1)N1CCC2(CC1)OCCc1cnc(-c3ccccc3)nc12. The second-order valence-electron chi connectivity index (χ2n) is 7.83. The van der Waals surface area contributed by atoms with E-state index in [9.17, 15) is 13.6 Å². The van der Waals surface area contributed by atoms with E-state index in [1.165, 1.54) is 0 Å². The molecule has 31 heavy (non-hydrogen) atoms. The molecule has 4 heterocycles. The van der Waals surface area contributed by atoms with E-state index >= 15 is 0 Å². The monoisotopic (exact) mass is 425 g/mol. The van der Waals surface area contributed by atoms with Crippen LogP contribution in [-0.2, 0) is 16.8 Å². The second-order valence-corrected chi connectivity index (χ2v) is 7.83. The molecule has 1 saturated heterocycles. The number of nitrogens with one attached hydrogen (secondary N) is 1. The number of hydrogen-bond acceptors (Lipinski definition) is 5. The van der Waals surface area contributed by atoms with Crippen molar-refractivity contribution in [2.24, 2.45) is 0 Å². The van der Waals surface area contributed by atoms with Crippen molar-refractivity contribution in [2.45, 2.75) is 31.3 Å². The molecule has 5 rings (SSSR count). The van der Waals surface area contributed by atoms with Gasteiger partial charge in [-0.3, -0.25) is 9.89 Å². The lowest BCUT2D eigenvalue weighted by Crippen LogP contribution is -2.49. The van der Waals surface area contributed by atoms with Gasteiger partial charge >= 0.3 is 0 Å². The highest BCUT2D eigenvalue weighted by molar-refractivity contribution is 5.92. The number of halogens is 2. The average Bonchev–Trinajstić information content (AvgIpc) is 3.31. The van der Waals surface area contributed by atoms with Crippen LogP contribution >= 0.6 is 0 Å². The lowest BCUT2D eigenvalue weighted by molar-refractivity contribution is -0.0967. The molecule has 0 bridgehead atoms. The summed E-state index contributed by atoms with van der Waals surface area (Å²) in [5, 5.41) is 5.98. The Balaban J connectivity index is 1.37. The summed E-state index contributed by atoms with van der Waals surface area (Å²) in [7, 11) is 0. The Bertz CT molecular complexity index is 1090. The number of carbonyl (C=O) groups is 1. The van der Waals surface area contributed by atoms with Crippen molar-refractivity contribution in [3.05, 3.63) is 65.2 Å². The van der Waals surface area contributed by atoms with Crippen LogP contribution in [0.1, 0.15) is 46.7 Å². The van der Waals surface area contributed by atoms with Crippen molar-refractivity contribution >= 4 is 5.91 Å². The number of fused-ring (bicyclic) bond motifs is 2. The maximum Gasteiger partial charge on any atom is 0.279 e. The summed E-state index contributed by atoms with van der Waals surface area (Å²) in [5.41, 5.74) is 1.97. The van der Waals surface area contributed by atoms with E-state index in [2.05, 4.69) is 15.2 Å². The molecule has 0 aliphatic carbocycles. The van der Waals surface area contributed by atoms with Crippen LogP contribution < -0.4 is 0 Å². The Morgan fingerprint density at radius 3 is 2.68 bits per heavy atom. The number of ether oxygens (including phenoxy) is 1. The van der Waals surface area contributed by atoms with Crippen LogP contribution in [0.25, 0.3) is 11.4 Å². The number of hydrogen-bond donors (Lipinski definition) is 1. The molecule has 1 N–H and O–H groups in total. The number of rotatable bonds is 3. The van der Waals surface area contributed by atoms with Gasteiger partial charge in [-0.05, 0) is 30.9 Å². The maximum absolute atomic E-state index is 12.8. The smallest absolute Gasteiger partial charge is 0.279 e. The van der Waals surface area contributed by atoms with Crippen molar-refractivity contribution in [3.8, 4) is 11.4 Å². The first-order chi connectivity index (χ1) is 15.1. The van der Waals surface area contributed by atoms with Crippen molar-refractivity contribution < 1.29 is 18.3 Å². The molecule has 0 atom stereocenters. The lowest BCUT2D eigenvalue weighted by atomic mass is 9.83. The zero-order chi connectivity index (χ0) is 21.4. The fourth-order valence-electron chi connectivity index (χ4n) is 4.31. The summed E-state index contributed by atoms with van der Waals surface area (Å²) in [5.74, 6) is 0.292. The standard InChI is InChI=1S/C22H21F2N5O2/c23-19(24)16-12-17(28-27-16)21(30)29-9-7-22(8-10-29)18-15(6-11-31-22)13-25-20(26-18)14-4-2-1-3-5-14/h1-5,12-13,19H,6-11H2,(H,27,28). The van der Waals surface area contributed by atoms with E-state index in [1.54, 1.807) is 4.90 Å². The minimum Gasteiger partial charge on any atom is -0.368 e. The molecule has 7 nitrogen and oxygen atoms in total. The molecule has 2 aliphatic heterocycles. The highest BCUT2D eigenvalue weighted by atomic mass is 19.3. The highest BCUT2D eigenvalue weighted by Crippen LogP contribution is 2.41. The van der Waals surface area contributed by atoms with Gasteiger partial charge in [-0.2, -0.15) is 5.10 Å². The molecule has 0 radical (unpaired) electrons. The molecule has 1 amide bonds. The van der Waals surface area contributed by atoms with E-state index in [0.29, 0.717) is 38.4 Å². The van der Waals surface area contributed by atoms with Crippen LogP contribution in [0.2, 0.25) is 0 Å². The quantitative estimate of drug-likeness (QED) is 0.694. The zero-order valence-electron chi connectivity index (χ0n) is 16.7. The van der Waals surface area contributed by atoms with Crippen LogP contribution in [0, 0.1) is 0 Å². The van der Waals surface area contributed by atoms with Gasteiger partial charge < -0.3 is 9.64 Å². The molecule has 2 aliphatic rings. The van der Waals surface area contributed by atoms with Gasteiger partial charge in [0.1, 0.15) is 11.3 Å².